The highest BCUT2D eigenvalue weighted by Crippen LogP contribution is 2.14. The Hall–Kier alpha value is -1.89. The van der Waals surface area contributed by atoms with E-state index in [0.29, 0.717) is 13.0 Å². The topological polar surface area (TPSA) is 75.6 Å². The van der Waals surface area contributed by atoms with Gasteiger partial charge in [-0.05, 0) is 23.3 Å². The number of hydrogen-bond acceptors (Lipinski definition) is 5. The molecule has 2 aromatic carbocycles. The van der Waals surface area contributed by atoms with Crippen molar-refractivity contribution in [2.24, 2.45) is 0 Å². The van der Waals surface area contributed by atoms with Gasteiger partial charge in [-0.15, -0.1) is 0 Å². The van der Waals surface area contributed by atoms with Gasteiger partial charge in [0.15, 0.2) is 0 Å². The zero-order valence-electron chi connectivity index (χ0n) is 12.3. The summed E-state index contributed by atoms with van der Waals surface area (Å²) in [7, 11) is -3.51. The third kappa shape index (κ3) is 5.85. The molecule has 0 aliphatic rings. The first-order chi connectivity index (χ1) is 10.4. The number of aliphatic hydroxyl groups excluding tert-OH is 1. The average Bonchev–Trinajstić information content (AvgIpc) is 2.47. The fourth-order valence-electron chi connectivity index (χ4n) is 1.98. The van der Waals surface area contributed by atoms with Gasteiger partial charge in [-0.25, -0.2) is 0 Å². The van der Waals surface area contributed by atoms with Gasteiger partial charge in [0.1, 0.15) is 12.0 Å². The second-order valence-electron chi connectivity index (χ2n) is 5.02. The van der Waals surface area contributed by atoms with Gasteiger partial charge < -0.3 is 9.29 Å². The molecule has 118 valence electrons. The van der Waals surface area contributed by atoms with E-state index < -0.39 is 16.3 Å². The summed E-state index contributed by atoms with van der Waals surface area (Å²) in [4.78, 5) is 0. The largest absolute Gasteiger partial charge is 0.383 e. The second kappa shape index (κ2) is 7.40. The third-order valence-electron chi connectivity index (χ3n) is 2.98. The highest BCUT2D eigenvalue weighted by molar-refractivity contribution is 7.86. The lowest BCUT2D eigenvalue weighted by Crippen LogP contribution is -2.30. The Labute approximate surface area is 130 Å². The number of aliphatic hydroxyl groups is 1. The Morgan fingerprint density at radius 3 is 2.27 bits per heavy atom. The van der Waals surface area contributed by atoms with Crippen LogP contribution in [0.5, 0.6) is 5.75 Å². The van der Waals surface area contributed by atoms with Crippen molar-refractivity contribution in [1.82, 2.24) is 5.32 Å². The molecule has 0 radical (unpaired) electrons. The van der Waals surface area contributed by atoms with Gasteiger partial charge >= 0.3 is 10.1 Å². The van der Waals surface area contributed by atoms with Gasteiger partial charge in [0, 0.05) is 13.0 Å². The SMILES string of the molecule is CS(=O)(=O)Oc1ccc(CC(O)NCc2ccccc2)cc1. The Morgan fingerprint density at radius 2 is 1.68 bits per heavy atom. The number of hydrogen-bond donors (Lipinski definition) is 2. The van der Waals surface area contributed by atoms with E-state index in [0.717, 1.165) is 17.4 Å². The Kier molecular flexibility index (Phi) is 5.54. The first-order valence-corrected chi connectivity index (χ1v) is 8.68. The molecule has 6 heteroatoms. The Bertz CT molecular complexity index is 684. The van der Waals surface area contributed by atoms with Crippen LogP contribution in [0.1, 0.15) is 11.1 Å². The highest BCUT2D eigenvalue weighted by atomic mass is 32.2. The molecule has 0 amide bonds. The molecule has 0 saturated carbocycles. The van der Waals surface area contributed by atoms with Crippen molar-refractivity contribution in [1.29, 1.82) is 0 Å². The zero-order chi connectivity index (χ0) is 16.0. The number of benzene rings is 2. The van der Waals surface area contributed by atoms with E-state index in [1.165, 1.54) is 0 Å². The van der Waals surface area contributed by atoms with E-state index in [4.69, 9.17) is 4.18 Å². The van der Waals surface area contributed by atoms with Crippen LogP contribution >= 0.6 is 0 Å². The lowest BCUT2D eigenvalue weighted by molar-refractivity contribution is 0.135. The van der Waals surface area contributed by atoms with Gasteiger partial charge in [0.05, 0.1) is 6.26 Å². The molecular formula is C16H19NO4S. The lowest BCUT2D eigenvalue weighted by atomic mass is 10.1. The molecule has 0 bridgehead atoms. The van der Waals surface area contributed by atoms with Crippen LogP contribution in [0.2, 0.25) is 0 Å². The van der Waals surface area contributed by atoms with Crippen molar-refractivity contribution in [3.63, 3.8) is 0 Å². The maximum Gasteiger partial charge on any atom is 0.306 e. The van der Waals surface area contributed by atoms with E-state index in [-0.39, 0.29) is 5.75 Å². The van der Waals surface area contributed by atoms with E-state index in [1.807, 2.05) is 30.3 Å². The van der Waals surface area contributed by atoms with Gasteiger partial charge in [-0.2, -0.15) is 8.42 Å². The summed E-state index contributed by atoms with van der Waals surface area (Å²) in [6.45, 7) is 0.581. The van der Waals surface area contributed by atoms with Crippen LogP contribution < -0.4 is 9.50 Å². The molecule has 0 aliphatic carbocycles. The van der Waals surface area contributed by atoms with Crippen LogP contribution in [0.4, 0.5) is 0 Å². The summed E-state index contributed by atoms with van der Waals surface area (Å²) in [5.41, 5.74) is 1.98. The van der Waals surface area contributed by atoms with Crippen LogP contribution in [0, 0.1) is 0 Å². The van der Waals surface area contributed by atoms with E-state index in [9.17, 15) is 13.5 Å². The molecule has 2 aromatic rings. The predicted molar refractivity (Wildman–Crippen MR) is 84.9 cm³/mol. The summed E-state index contributed by atoms with van der Waals surface area (Å²) in [6, 6.07) is 16.4. The maximum absolute atomic E-state index is 11.0. The molecule has 2 N–H and O–H groups in total. The van der Waals surface area contributed by atoms with E-state index in [2.05, 4.69) is 5.32 Å². The second-order valence-corrected chi connectivity index (χ2v) is 6.59. The summed E-state index contributed by atoms with van der Waals surface area (Å²) in [6.07, 6.45) is 0.742. The van der Waals surface area contributed by atoms with Crippen LogP contribution in [0.3, 0.4) is 0 Å². The van der Waals surface area contributed by atoms with Gasteiger partial charge in [-0.1, -0.05) is 42.5 Å². The monoisotopic (exact) mass is 321 g/mol. The van der Waals surface area contributed by atoms with Gasteiger partial charge in [0.2, 0.25) is 0 Å². The first-order valence-electron chi connectivity index (χ1n) is 6.86. The maximum atomic E-state index is 11.0. The minimum Gasteiger partial charge on any atom is -0.383 e. The third-order valence-corrected chi connectivity index (χ3v) is 3.48. The molecule has 22 heavy (non-hydrogen) atoms. The average molecular weight is 321 g/mol. The summed E-state index contributed by atoms with van der Waals surface area (Å²) in [5.74, 6) is 0.262. The summed E-state index contributed by atoms with van der Waals surface area (Å²) in [5, 5.41) is 13.0. The van der Waals surface area contributed by atoms with Gasteiger partial charge in [-0.3, -0.25) is 5.32 Å². The summed E-state index contributed by atoms with van der Waals surface area (Å²) < 4.78 is 26.8. The Balaban J connectivity index is 1.85. The fraction of sp³-hybridized carbons (Fsp3) is 0.250. The molecule has 0 aliphatic heterocycles. The molecular weight excluding hydrogens is 302 g/mol. The van der Waals surface area contributed by atoms with E-state index >= 15 is 0 Å². The van der Waals surface area contributed by atoms with Crippen molar-refractivity contribution >= 4 is 10.1 Å². The molecule has 2 rings (SSSR count). The minimum absolute atomic E-state index is 0.262. The van der Waals surface area contributed by atoms with Crippen molar-refractivity contribution in [3.8, 4) is 5.75 Å². The molecule has 0 saturated heterocycles. The smallest absolute Gasteiger partial charge is 0.306 e. The minimum atomic E-state index is -3.51. The van der Waals surface area contributed by atoms with Crippen molar-refractivity contribution in [2.75, 3.05) is 6.26 Å². The predicted octanol–water partition coefficient (Wildman–Crippen LogP) is 1.68. The summed E-state index contributed by atoms with van der Waals surface area (Å²) >= 11 is 0. The molecule has 0 spiro atoms. The molecule has 0 fully saturated rings. The molecule has 0 aromatic heterocycles. The van der Waals surface area contributed by atoms with Gasteiger partial charge in [0.25, 0.3) is 0 Å². The molecule has 1 unspecified atom stereocenters. The quantitative estimate of drug-likeness (QED) is 0.599. The lowest BCUT2D eigenvalue weighted by Gasteiger charge is -2.13. The Morgan fingerprint density at radius 1 is 1.05 bits per heavy atom. The van der Waals surface area contributed by atoms with Crippen molar-refractivity contribution in [3.05, 3.63) is 65.7 Å². The van der Waals surface area contributed by atoms with Crippen molar-refractivity contribution in [2.45, 2.75) is 19.2 Å². The number of nitrogens with one attached hydrogen (secondary N) is 1. The van der Waals surface area contributed by atoms with E-state index in [1.54, 1.807) is 24.3 Å². The molecule has 1 atom stereocenters. The molecule has 5 nitrogen and oxygen atoms in total. The van der Waals surface area contributed by atoms with Crippen LogP contribution in [-0.2, 0) is 23.1 Å². The number of rotatable bonds is 7. The van der Waals surface area contributed by atoms with Crippen LogP contribution in [0.25, 0.3) is 0 Å². The standard InChI is InChI=1S/C16H19NO4S/c1-22(19,20)21-15-9-7-13(8-10-15)11-16(18)17-12-14-5-3-2-4-6-14/h2-10,16-18H,11-12H2,1H3. The fourth-order valence-corrected chi connectivity index (χ4v) is 2.44. The molecule has 0 heterocycles. The van der Waals surface area contributed by atoms with Crippen LogP contribution in [-0.4, -0.2) is 26.0 Å². The highest BCUT2D eigenvalue weighted by Gasteiger charge is 2.07. The zero-order valence-corrected chi connectivity index (χ0v) is 13.1. The van der Waals surface area contributed by atoms with Crippen molar-refractivity contribution < 1.29 is 17.7 Å². The first kappa shape index (κ1) is 16.5. The normalized spacial score (nSPS) is 12.8. The van der Waals surface area contributed by atoms with Crippen LogP contribution in [0.15, 0.2) is 54.6 Å².